The third-order valence-corrected chi connectivity index (χ3v) is 3.37. The van der Waals surface area contributed by atoms with Crippen molar-refractivity contribution in [2.75, 3.05) is 33.9 Å². The summed E-state index contributed by atoms with van der Waals surface area (Å²) >= 11 is 0. The maximum atomic E-state index is 5.85. The molecular formula is C12H26N2O2. The summed E-state index contributed by atoms with van der Waals surface area (Å²) in [5.74, 6) is 0.900. The van der Waals surface area contributed by atoms with Crippen LogP contribution in [0.25, 0.3) is 0 Å². The van der Waals surface area contributed by atoms with Crippen molar-refractivity contribution in [2.45, 2.75) is 38.5 Å². The van der Waals surface area contributed by atoms with Gasteiger partial charge in [-0.2, -0.15) is 0 Å². The van der Waals surface area contributed by atoms with Gasteiger partial charge >= 0.3 is 0 Å². The molecule has 1 rings (SSSR count). The van der Waals surface area contributed by atoms with Crippen LogP contribution >= 0.6 is 0 Å². The molecule has 0 heterocycles. The van der Waals surface area contributed by atoms with Gasteiger partial charge in [0.2, 0.25) is 0 Å². The van der Waals surface area contributed by atoms with E-state index in [1.807, 2.05) is 0 Å². The number of ether oxygens (including phenoxy) is 2. The van der Waals surface area contributed by atoms with Gasteiger partial charge in [0.05, 0.1) is 0 Å². The van der Waals surface area contributed by atoms with Gasteiger partial charge in [0.25, 0.3) is 0 Å². The second-order valence-corrected chi connectivity index (χ2v) is 4.56. The second-order valence-electron chi connectivity index (χ2n) is 4.56. The topological polar surface area (TPSA) is 47.7 Å². The van der Waals surface area contributed by atoms with Crippen LogP contribution in [-0.2, 0) is 9.47 Å². The average Bonchev–Trinajstić information content (AvgIpc) is 3.12. The van der Waals surface area contributed by atoms with Crippen molar-refractivity contribution < 1.29 is 9.47 Å². The van der Waals surface area contributed by atoms with Gasteiger partial charge < -0.3 is 15.2 Å². The lowest BCUT2D eigenvalue weighted by Crippen LogP contribution is -2.44. The number of nitrogens with zero attached hydrogens (tertiary/aromatic N) is 1. The van der Waals surface area contributed by atoms with Crippen molar-refractivity contribution >= 4 is 0 Å². The Morgan fingerprint density at radius 1 is 1.31 bits per heavy atom. The molecule has 4 heteroatoms. The number of hydrogen-bond acceptors (Lipinski definition) is 4. The zero-order valence-corrected chi connectivity index (χ0v) is 10.8. The molecule has 0 aliphatic heterocycles. The van der Waals surface area contributed by atoms with Crippen LogP contribution in [0.2, 0.25) is 0 Å². The molecule has 1 aliphatic carbocycles. The maximum absolute atomic E-state index is 5.85. The molecule has 1 saturated carbocycles. The van der Waals surface area contributed by atoms with E-state index in [4.69, 9.17) is 15.2 Å². The summed E-state index contributed by atoms with van der Waals surface area (Å²) in [6.07, 6.45) is 3.48. The third-order valence-electron chi connectivity index (χ3n) is 3.37. The molecule has 1 atom stereocenters. The van der Waals surface area contributed by atoms with Crippen LogP contribution < -0.4 is 5.73 Å². The Kier molecular flexibility index (Phi) is 6.28. The van der Waals surface area contributed by atoms with Crippen molar-refractivity contribution in [2.24, 2.45) is 11.7 Å². The predicted molar refractivity (Wildman–Crippen MR) is 65.2 cm³/mol. The summed E-state index contributed by atoms with van der Waals surface area (Å²) in [4.78, 5) is 2.46. The summed E-state index contributed by atoms with van der Waals surface area (Å²) < 4.78 is 10.5. The SMILES string of the molecule is CCN(CC1CC1)C(CN)CC(OC)OC. The number of hydrogen-bond donors (Lipinski definition) is 1. The highest BCUT2D eigenvalue weighted by Gasteiger charge is 2.28. The van der Waals surface area contributed by atoms with Gasteiger partial charge in [-0.3, -0.25) is 4.90 Å². The van der Waals surface area contributed by atoms with E-state index in [0.29, 0.717) is 12.6 Å². The highest BCUT2D eigenvalue weighted by atomic mass is 16.7. The Labute approximate surface area is 99.1 Å². The highest BCUT2D eigenvalue weighted by Crippen LogP contribution is 2.30. The molecule has 96 valence electrons. The minimum absolute atomic E-state index is 0.137. The van der Waals surface area contributed by atoms with E-state index >= 15 is 0 Å². The van der Waals surface area contributed by atoms with Gasteiger partial charge in [0, 0.05) is 39.8 Å². The monoisotopic (exact) mass is 230 g/mol. The molecule has 0 radical (unpaired) electrons. The molecule has 0 aromatic carbocycles. The Balaban J connectivity index is 2.41. The summed E-state index contributed by atoms with van der Waals surface area (Å²) in [6, 6.07) is 0.371. The van der Waals surface area contributed by atoms with Crippen molar-refractivity contribution in [3.63, 3.8) is 0 Å². The molecule has 0 spiro atoms. The molecule has 0 aromatic rings. The molecule has 0 saturated heterocycles. The van der Waals surface area contributed by atoms with Crippen LogP contribution in [0.5, 0.6) is 0 Å². The van der Waals surface area contributed by atoms with Crippen LogP contribution in [0, 0.1) is 5.92 Å². The maximum Gasteiger partial charge on any atom is 0.158 e. The van der Waals surface area contributed by atoms with Crippen LogP contribution in [-0.4, -0.2) is 51.1 Å². The van der Waals surface area contributed by atoms with Crippen molar-refractivity contribution in [3.8, 4) is 0 Å². The summed E-state index contributed by atoms with van der Waals surface area (Å²) in [6.45, 7) is 5.10. The first-order valence-electron chi connectivity index (χ1n) is 6.24. The van der Waals surface area contributed by atoms with E-state index in [2.05, 4.69) is 11.8 Å². The van der Waals surface area contributed by atoms with Crippen molar-refractivity contribution in [1.82, 2.24) is 4.90 Å². The van der Waals surface area contributed by atoms with Crippen LogP contribution in [0.4, 0.5) is 0 Å². The van der Waals surface area contributed by atoms with E-state index in [-0.39, 0.29) is 6.29 Å². The number of rotatable bonds is 9. The molecule has 0 bridgehead atoms. The van der Waals surface area contributed by atoms with E-state index in [9.17, 15) is 0 Å². The van der Waals surface area contributed by atoms with E-state index < -0.39 is 0 Å². The molecule has 1 fully saturated rings. The smallest absolute Gasteiger partial charge is 0.158 e. The largest absolute Gasteiger partial charge is 0.356 e. The Morgan fingerprint density at radius 2 is 1.94 bits per heavy atom. The van der Waals surface area contributed by atoms with Crippen LogP contribution in [0.15, 0.2) is 0 Å². The molecule has 0 amide bonds. The van der Waals surface area contributed by atoms with E-state index in [1.165, 1.54) is 19.4 Å². The average molecular weight is 230 g/mol. The summed E-state index contributed by atoms with van der Waals surface area (Å²) in [5.41, 5.74) is 5.85. The van der Waals surface area contributed by atoms with Gasteiger partial charge in [-0.25, -0.2) is 0 Å². The Morgan fingerprint density at radius 3 is 2.31 bits per heavy atom. The van der Waals surface area contributed by atoms with Gasteiger partial charge in [0.15, 0.2) is 6.29 Å². The fraction of sp³-hybridized carbons (Fsp3) is 1.00. The van der Waals surface area contributed by atoms with E-state index in [0.717, 1.165) is 18.9 Å². The van der Waals surface area contributed by atoms with E-state index in [1.54, 1.807) is 14.2 Å². The first kappa shape index (κ1) is 13.9. The summed E-state index contributed by atoms with van der Waals surface area (Å²) in [5, 5.41) is 0. The van der Waals surface area contributed by atoms with Gasteiger partial charge in [-0.05, 0) is 25.3 Å². The van der Waals surface area contributed by atoms with Crippen LogP contribution in [0.3, 0.4) is 0 Å². The zero-order chi connectivity index (χ0) is 12.0. The molecule has 0 aromatic heterocycles. The van der Waals surface area contributed by atoms with Gasteiger partial charge in [-0.1, -0.05) is 6.92 Å². The lowest BCUT2D eigenvalue weighted by Gasteiger charge is -2.31. The lowest BCUT2D eigenvalue weighted by molar-refractivity contribution is -0.116. The zero-order valence-electron chi connectivity index (χ0n) is 10.8. The quantitative estimate of drug-likeness (QED) is 0.602. The highest BCUT2D eigenvalue weighted by molar-refractivity contribution is 4.81. The Hall–Kier alpha value is -0.160. The lowest BCUT2D eigenvalue weighted by atomic mass is 10.1. The minimum Gasteiger partial charge on any atom is -0.356 e. The van der Waals surface area contributed by atoms with Crippen molar-refractivity contribution in [3.05, 3.63) is 0 Å². The standard InChI is InChI=1S/C12H26N2O2/c1-4-14(9-10-5-6-10)11(8-13)7-12(15-2)16-3/h10-12H,4-9,13H2,1-3H3. The van der Waals surface area contributed by atoms with Gasteiger partial charge in [-0.15, -0.1) is 0 Å². The fourth-order valence-electron chi connectivity index (χ4n) is 2.07. The van der Waals surface area contributed by atoms with Crippen LogP contribution in [0.1, 0.15) is 26.2 Å². The first-order chi connectivity index (χ1) is 7.74. The Bertz CT molecular complexity index is 182. The normalized spacial score (nSPS) is 18.4. The molecule has 16 heavy (non-hydrogen) atoms. The molecule has 4 nitrogen and oxygen atoms in total. The minimum atomic E-state index is -0.137. The number of likely N-dealkylation sites (N-methyl/N-ethyl adjacent to an activating group) is 1. The summed E-state index contributed by atoms with van der Waals surface area (Å²) in [7, 11) is 3.36. The molecule has 1 unspecified atom stereocenters. The third kappa shape index (κ3) is 4.37. The molecule has 2 N–H and O–H groups in total. The first-order valence-corrected chi connectivity index (χ1v) is 6.24. The predicted octanol–water partition coefficient (Wildman–Crippen LogP) is 1.05. The van der Waals surface area contributed by atoms with Crippen molar-refractivity contribution in [1.29, 1.82) is 0 Å². The fourth-order valence-corrected chi connectivity index (χ4v) is 2.07. The second kappa shape index (κ2) is 7.22. The number of nitrogens with two attached hydrogens (primary N) is 1. The molecule has 1 aliphatic rings. The number of methoxy groups -OCH3 is 2. The molecular weight excluding hydrogens is 204 g/mol. The van der Waals surface area contributed by atoms with Gasteiger partial charge in [0.1, 0.15) is 0 Å².